The van der Waals surface area contributed by atoms with Gasteiger partial charge in [0, 0.05) is 10.2 Å². The Balaban J connectivity index is 2.25. The molecule has 0 spiro atoms. The molecule has 9 heteroatoms. The first-order valence-corrected chi connectivity index (χ1v) is 17.2. The number of rotatable bonds is 5. The van der Waals surface area contributed by atoms with Gasteiger partial charge in [0.15, 0.2) is 0 Å². The van der Waals surface area contributed by atoms with Crippen LogP contribution in [0, 0.1) is 0 Å². The van der Waals surface area contributed by atoms with E-state index in [0.717, 1.165) is 15.8 Å². The molecular weight excluding hydrogens is 459 g/mol. The number of alkyl halides is 1. The standard InChI is InChI=1S/C14H25IN2O3SSi2/c1-22(2,3)16-10-12(18)17-11(14(19)20-23(4,5)6)9(7-15)8-21-13(10)17/h10,13,16H,7-8H2,1-6H3/t10-,13+/m0/s1. The second-order valence-electron chi connectivity index (χ2n) is 7.87. The van der Waals surface area contributed by atoms with Crippen molar-refractivity contribution in [3.63, 3.8) is 0 Å². The third-order valence-electron chi connectivity index (χ3n) is 3.39. The number of thioether (sulfide) groups is 1. The SMILES string of the molecule is C[Si](C)(C)N[C@H]1C(=O)N2C(C(=O)O[Si](C)(C)C)=C(CI)CS[C@H]12. The Hall–Kier alpha value is 0.154. The normalized spacial score (nSPS) is 25.2. The number of fused-ring (bicyclic) bond motifs is 1. The maximum Gasteiger partial charge on any atom is 0.341 e. The summed E-state index contributed by atoms with van der Waals surface area (Å²) >= 11 is 4.00. The molecule has 0 aromatic carbocycles. The number of hydrogen-bond acceptors (Lipinski definition) is 5. The zero-order chi connectivity index (χ0) is 17.6. The van der Waals surface area contributed by atoms with E-state index in [-0.39, 0.29) is 23.3 Å². The number of hydrogen-bond donors (Lipinski definition) is 1. The van der Waals surface area contributed by atoms with Crippen LogP contribution in [0.2, 0.25) is 39.3 Å². The van der Waals surface area contributed by atoms with Crippen molar-refractivity contribution in [2.24, 2.45) is 0 Å². The highest BCUT2D eigenvalue weighted by Crippen LogP contribution is 2.41. The highest BCUT2D eigenvalue weighted by Gasteiger charge is 2.54. The first-order valence-electron chi connectivity index (χ1n) is 7.68. The largest absolute Gasteiger partial charge is 0.515 e. The molecule has 0 unspecified atom stereocenters. The molecule has 2 rings (SSSR count). The monoisotopic (exact) mass is 484 g/mol. The summed E-state index contributed by atoms with van der Waals surface area (Å²) in [6.07, 6.45) is 0. The summed E-state index contributed by atoms with van der Waals surface area (Å²) in [6, 6.07) is -0.169. The second-order valence-corrected chi connectivity index (χ2v) is 19.0. The van der Waals surface area contributed by atoms with Gasteiger partial charge in [-0.3, -0.25) is 9.69 Å². The van der Waals surface area contributed by atoms with Gasteiger partial charge in [-0.2, -0.15) is 0 Å². The molecule has 1 fully saturated rings. The van der Waals surface area contributed by atoms with Crippen LogP contribution in [0.4, 0.5) is 0 Å². The highest BCUT2D eigenvalue weighted by molar-refractivity contribution is 14.1. The lowest BCUT2D eigenvalue weighted by Crippen LogP contribution is -2.73. The van der Waals surface area contributed by atoms with Gasteiger partial charge in [-0.15, -0.1) is 11.8 Å². The molecule has 0 radical (unpaired) electrons. The molecule has 130 valence electrons. The van der Waals surface area contributed by atoms with Crippen molar-refractivity contribution in [3.8, 4) is 0 Å². The Morgan fingerprint density at radius 3 is 2.43 bits per heavy atom. The van der Waals surface area contributed by atoms with Crippen LogP contribution in [0.5, 0.6) is 0 Å². The summed E-state index contributed by atoms with van der Waals surface area (Å²) in [4.78, 5) is 30.5. The van der Waals surface area contributed by atoms with Gasteiger partial charge in [0.1, 0.15) is 25.3 Å². The van der Waals surface area contributed by atoms with Gasteiger partial charge in [-0.1, -0.05) is 42.2 Å². The van der Waals surface area contributed by atoms with Crippen LogP contribution in [0.25, 0.3) is 0 Å². The maximum absolute atomic E-state index is 12.7. The molecule has 0 aliphatic carbocycles. The molecule has 2 heterocycles. The minimum absolute atomic E-state index is 0.00880. The summed E-state index contributed by atoms with van der Waals surface area (Å²) in [5.74, 6) is 0.479. The van der Waals surface area contributed by atoms with Gasteiger partial charge in [0.2, 0.25) is 14.2 Å². The van der Waals surface area contributed by atoms with Crippen molar-refractivity contribution in [2.45, 2.75) is 50.7 Å². The van der Waals surface area contributed by atoms with Gasteiger partial charge in [0.05, 0.1) is 0 Å². The van der Waals surface area contributed by atoms with Crippen molar-refractivity contribution >= 4 is 62.8 Å². The van der Waals surface area contributed by atoms with Crippen LogP contribution in [-0.2, 0) is 14.0 Å². The van der Waals surface area contributed by atoms with E-state index in [1.165, 1.54) is 0 Å². The highest BCUT2D eigenvalue weighted by atomic mass is 127. The Labute approximate surface area is 158 Å². The molecule has 1 saturated heterocycles. The quantitative estimate of drug-likeness (QED) is 0.282. The molecular formula is C14H25IN2O3SSi2. The molecule has 23 heavy (non-hydrogen) atoms. The molecule has 5 nitrogen and oxygen atoms in total. The number of halogens is 1. The number of β-lactam (4-membered cyclic amide) rings is 1. The second kappa shape index (κ2) is 6.81. The molecule has 0 aromatic rings. The van der Waals surface area contributed by atoms with Gasteiger partial charge in [-0.25, -0.2) is 4.79 Å². The lowest BCUT2D eigenvalue weighted by Gasteiger charge is -2.51. The van der Waals surface area contributed by atoms with Crippen molar-refractivity contribution < 1.29 is 14.0 Å². The summed E-state index contributed by atoms with van der Waals surface area (Å²) in [5, 5.41) is 0.0186. The predicted molar refractivity (Wildman–Crippen MR) is 109 cm³/mol. The van der Waals surface area contributed by atoms with Gasteiger partial charge >= 0.3 is 5.97 Å². The number of carbonyl (C=O) groups is 2. The Morgan fingerprint density at radius 2 is 1.96 bits per heavy atom. The van der Waals surface area contributed by atoms with Crippen molar-refractivity contribution in [1.29, 1.82) is 0 Å². The zero-order valence-electron chi connectivity index (χ0n) is 14.5. The zero-order valence-corrected chi connectivity index (χ0v) is 19.5. The van der Waals surface area contributed by atoms with Gasteiger partial charge < -0.3 is 9.41 Å². The number of nitrogens with one attached hydrogen (secondary N) is 1. The molecule has 1 N–H and O–H groups in total. The Kier molecular flexibility index (Phi) is 5.77. The molecule has 2 aliphatic heterocycles. The predicted octanol–water partition coefficient (Wildman–Crippen LogP) is 2.76. The van der Waals surface area contributed by atoms with E-state index >= 15 is 0 Å². The topological polar surface area (TPSA) is 58.6 Å². The molecule has 2 aliphatic rings. The fraction of sp³-hybridized carbons (Fsp3) is 0.714. The van der Waals surface area contributed by atoms with Crippen molar-refractivity contribution in [2.75, 3.05) is 10.2 Å². The molecule has 0 bridgehead atoms. The number of carbonyl (C=O) groups excluding carboxylic acids is 2. The fourth-order valence-electron chi connectivity index (χ4n) is 2.57. The number of amides is 1. The first kappa shape index (κ1) is 19.5. The van der Waals surface area contributed by atoms with Crippen LogP contribution in [0.15, 0.2) is 11.3 Å². The summed E-state index contributed by atoms with van der Waals surface area (Å²) in [5.41, 5.74) is 1.51. The summed E-state index contributed by atoms with van der Waals surface area (Å²) in [7, 11) is -3.55. The lowest BCUT2D eigenvalue weighted by molar-refractivity contribution is -0.147. The first-order chi connectivity index (χ1) is 10.4. The molecule has 2 atom stereocenters. The lowest BCUT2D eigenvalue weighted by atomic mass is 10.0. The molecule has 0 saturated carbocycles. The van der Waals surface area contributed by atoms with E-state index in [1.54, 1.807) is 16.7 Å². The van der Waals surface area contributed by atoms with E-state index < -0.39 is 16.6 Å². The average molecular weight is 485 g/mol. The van der Waals surface area contributed by atoms with Crippen molar-refractivity contribution in [3.05, 3.63) is 11.3 Å². The third-order valence-corrected chi connectivity index (χ3v) is 7.62. The van der Waals surface area contributed by atoms with Crippen LogP contribution < -0.4 is 4.98 Å². The average Bonchev–Trinajstić information content (AvgIpc) is 2.40. The molecule has 0 aromatic heterocycles. The molecule has 1 amide bonds. The van der Waals surface area contributed by atoms with E-state index in [4.69, 9.17) is 4.43 Å². The Bertz CT molecular complexity index is 557. The van der Waals surface area contributed by atoms with Crippen LogP contribution in [0.1, 0.15) is 0 Å². The number of nitrogens with zero attached hydrogens (tertiary/aromatic N) is 1. The maximum atomic E-state index is 12.7. The van der Waals surface area contributed by atoms with E-state index in [0.29, 0.717) is 5.70 Å². The fourth-order valence-corrected chi connectivity index (χ4v) is 6.90. The minimum atomic E-state index is -1.99. The van der Waals surface area contributed by atoms with E-state index in [1.807, 2.05) is 19.6 Å². The van der Waals surface area contributed by atoms with Crippen LogP contribution >= 0.6 is 34.4 Å². The van der Waals surface area contributed by atoms with Gasteiger partial charge in [0.25, 0.3) is 0 Å². The Morgan fingerprint density at radius 1 is 1.35 bits per heavy atom. The summed E-state index contributed by atoms with van der Waals surface area (Å²) in [6.45, 7) is 12.5. The van der Waals surface area contributed by atoms with E-state index in [9.17, 15) is 9.59 Å². The minimum Gasteiger partial charge on any atom is -0.515 e. The van der Waals surface area contributed by atoms with Gasteiger partial charge in [-0.05, 0) is 25.2 Å². The van der Waals surface area contributed by atoms with Crippen molar-refractivity contribution in [1.82, 2.24) is 9.88 Å². The van der Waals surface area contributed by atoms with E-state index in [2.05, 4.69) is 47.2 Å². The van der Waals surface area contributed by atoms with Crippen LogP contribution in [0.3, 0.4) is 0 Å². The smallest absolute Gasteiger partial charge is 0.341 e. The summed E-state index contributed by atoms with van der Waals surface area (Å²) < 4.78 is 6.41. The van der Waals surface area contributed by atoms with Crippen LogP contribution in [-0.4, -0.2) is 54.9 Å². The third kappa shape index (κ3) is 4.41.